The SMILES string of the molecule is COc1cc(/C=C2/SC(=Nc3ccccc3)N([C@@H](C)c3ccccc3)C2=O)ccc1OCC(=O)Nc1ccccc1. The molecule has 7 nitrogen and oxygen atoms in total. The first kappa shape index (κ1) is 27.7. The average Bonchev–Trinajstić information content (AvgIpc) is 3.31. The Morgan fingerprint density at radius 1 is 0.927 bits per heavy atom. The van der Waals surface area contributed by atoms with Crippen molar-refractivity contribution < 1.29 is 19.1 Å². The van der Waals surface area contributed by atoms with Crippen molar-refractivity contribution in [1.82, 2.24) is 4.90 Å². The minimum absolute atomic E-state index is 0.127. The molecule has 5 rings (SSSR count). The standard InChI is InChI=1S/C33H29N3O4S/c1-23(25-12-6-3-7-13-25)36-32(38)30(41-33(36)35-27-16-10-5-11-17-27)21-24-18-19-28(29(20-24)39-2)40-22-31(37)34-26-14-8-4-9-15-26/h3-21,23H,22H2,1-2H3,(H,34,37)/b30-21+,35-33?/t23-/m0/s1. The Morgan fingerprint density at radius 3 is 2.27 bits per heavy atom. The second kappa shape index (κ2) is 13.0. The van der Waals surface area contributed by atoms with Crippen LogP contribution in [0.15, 0.2) is 119 Å². The summed E-state index contributed by atoms with van der Waals surface area (Å²) in [5, 5.41) is 3.40. The molecular formula is C33H29N3O4S. The molecule has 0 spiro atoms. The van der Waals surface area contributed by atoms with Gasteiger partial charge in [-0.15, -0.1) is 0 Å². The van der Waals surface area contributed by atoms with Gasteiger partial charge < -0.3 is 14.8 Å². The monoisotopic (exact) mass is 563 g/mol. The van der Waals surface area contributed by atoms with Crippen molar-refractivity contribution >= 4 is 46.2 Å². The van der Waals surface area contributed by atoms with E-state index in [0.29, 0.717) is 27.3 Å². The number of para-hydroxylation sites is 2. The van der Waals surface area contributed by atoms with Crippen LogP contribution in [0.2, 0.25) is 0 Å². The topological polar surface area (TPSA) is 80.2 Å². The summed E-state index contributed by atoms with van der Waals surface area (Å²) in [6, 6.07) is 33.8. The summed E-state index contributed by atoms with van der Waals surface area (Å²) in [5.41, 5.74) is 3.24. The molecular weight excluding hydrogens is 534 g/mol. The molecule has 0 aliphatic carbocycles. The van der Waals surface area contributed by atoms with Crippen molar-refractivity contribution in [2.24, 2.45) is 4.99 Å². The normalized spacial score (nSPS) is 15.7. The third-order valence-corrected chi connectivity index (χ3v) is 7.37. The Labute approximate surface area is 243 Å². The molecule has 1 N–H and O–H groups in total. The number of ether oxygens (including phenoxy) is 2. The maximum absolute atomic E-state index is 13.7. The van der Waals surface area contributed by atoms with E-state index < -0.39 is 0 Å². The van der Waals surface area contributed by atoms with Gasteiger partial charge in [0, 0.05) is 5.69 Å². The molecule has 0 aromatic heterocycles. The van der Waals surface area contributed by atoms with E-state index in [1.54, 1.807) is 29.2 Å². The smallest absolute Gasteiger partial charge is 0.267 e. The van der Waals surface area contributed by atoms with Gasteiger partial charge in [-0.25, -0.2) is 4.99 Å². The van der Waals surface area contributed by atoms with Gasteiger partial charge in [0.2, 0.25) is 0 Å². The third kappa shape index (κ3) is 6.85. The molecule has 0 bridgehead atoms. The second-order valence-corrected chi connectivity index (χ2v) is 10.2. The summed E-state index contributed by atoms with van der Waals surface area (Å²) in [7, 11) is 1.53. The maximum atomic E-state index is 13.7. The van der Waals surface area contributed by atoms with Crippen LogP contribution in [0.5, 0.6) is 11.5 Å². The number of benzene rings is 4. The summed E-state index contributed by atoms with van der Waals surface area (Å²) in [5.74, 6) is 0.470. The summed E-state index contributed by atoms with van der Waals surface area (Å²) >= 11 is 1.33. The number of nitrogens with zero attached hydrogens (tertiary/aromatic N) is 2. The second-order valence-electron chi connectivity index (χ2n) is 9.22. The number of thioether (sulfide) groups is 1. The van der Waals surface area contributed by atoms with Crippen LogP contribution in [0.3, 0.4) is 0 Å². The molecule has 1 saturated heterocycles. The van der Waals surface area contributed by atoms with Gasteiger partial charge in [-0.3, -0.25) is 14.5 Å². The number of anilines is 1. The highest BCUT2D eigenvalue weighted by atomic mass is 32.2. The van der Waals surface area contributed by atoms with E-state index in [4.69, 9.17) is 14.5 Å². The van der Waals surface area contributed by atoms with E-state index >= 15 is 0 Å². The summed E-state index contributed by atoms with van der Waals surface area (Å²) in [6.07, 6.45) is 1.82. The van der Waals surface area contributed by atoms with Crippen molar-refractivity contribution in [2.75, 3.05) is 19.0 Å². The Bertz CT molecular complexity index is 1570. The number of amides is 2. The highest BCUT2D eigenvalue weighted by Gasteiger charge is 2.37. The predicted molar refractivity (Wildman–Crippen MR) is 164 cm³/mol. The van der Waals surface area contributed by atoms with Crippen molar-refractivity contribution in [1.29, 1.82) is 0 Å². The molecule has 2 amide bonds. The van der Waals surface area contributed by atoms with Crippen LogP contribution >= 0.6 is 11.8 Å². The van der Waals surface area contributed by atoms with Gasteiger partial charge in [-0.2, -0.15) is 0 Å². The zero-order valence-electron chi connectivity index (χ0n) is 22.7. The summed E-state index contributed by atoms with van der Waals surface area (Å²) in [6.45, 7) is 1.83. The molecule has 4 aromatic carbocycles. The van der Waals surface area contributed by atoms with E-state index in [1.165, 1.54) is 18.9 Å². The number of amidine groups is 1. The lowest BCUT2D eigenvalue weighted by Crippen LogP contribution is -2.32. The number of nitrogens with one attached hydrogen (secondary N) is 1. The quantitative estimate of drug-likeness (QED) is 0.220. The molecule has 8 heteroatoms. The highest BCUT2D eigenvalue weighted by molar-refractivity contribution is 8.18. The van der Waals surface area contributed by atoms with Gasteiger partial charge in [0.1, 0.15) is 0 Å². The number of methoxy groups -OCH3 is 1. The number of hydrogen-bond donors (Lipinski definition) is 1. The average molecular weight is 564 g/mol. The molecule has 0 saturated carbocycles. The minimum Gasteiger partial charge on any atom is -0.493 e. The van der Waals surface area contributed by atoms with E-state index in [1.807, 2.05) is 97.9 Å². The maximum Gasteiger partial charge on any atom is 0.267 e. The Balaban J connectivity index is 1.37. The number of carbonyl (C=O) groups excluding carboxylic acids is 2. The van der Waals surface area contributed by atoms with Gasteiger partial charge in [-0.05, 0) is 72.3 Å². The van der Waals surface area contributed by atoms with Crippen molar-refractivity contribution in [3.8, 4) is 11.5 Å². The molecule has 1 fully saturated rings. The van der Waals surface area contributed by atoms with Crippen LogP contribution in [-0.4, -0.2) is 35.6 Å². The Hall–Kier alpha value is -4.82. The first-order chi connectivity index (χ1) is 20.0. The highest BCUT2D eigenvalue weighted by Crippen LogP contribution is 2.40. The third-order valence-electron chi connectivity index (χ3n) is 6.39. The van der Waals surface area contributed by atoms with Gasteiger partial charge in [-0.1, -0.05) is 72.8 Å². The summed E-state index contributed by atoms with van der Waals surface area (Å²) in [4.78, 5) is 33.1. The fourth-order valence-electron chi connectivity index (χ4n) is 4.31. The Morgan fingerprint density at radius 2 is 1.59 bits per heavy atom. The predicted octanol–water partition coefficient (Wildman–Crippen LogP) is 7.08. The van der Waals surface area contributed by atoms with E-state index in [-0.39, 0.29) is 24.5 Å². The molecule has 0 radical (unpaired) electrons. The lowest BCUT2D eigenvalue weighted by Gasteiger charge is -2.24. The van der Waals surface area contributed by atoms with E-state index in [0.717, 1.165) is 16.8 Å². The molecule has 1 atom stereocenters. The zero-order valence-corrected chi connectivity index (χ0v) is 23.5. The molecule has 1 aliphatic rings. The van der Waals surface area contributed by atoms with Crippen LogP contribution in [0.1, 0.15) is 24.1 Å². The lowest BCUT2D eigenvalue weighted by atomic mass is 10.1. The molecule has 1 heterocycles. The number of carbonyl (C=O) groups is 2. The van der Waals surface area contributed by atoms with Crippen molar-refractivity contribution in [3.05, 3.63) is 125 Å². The van der Waals surface area contributed by atoms with Crippen LogP contribution in [-0.2, 0) is 9.59 Å². The zero-order chi connectivity index (χ0) is 28.6. The Kier molecular flexibility index (Phi) is 8.81. The number of aliphatic imine (C=N–C) groups is 1. The van der Waals surface area contributed by atoms with Gasteiger partial charge >= 0.3 is 0 Å². The fourth-order valence-corrected chi connectivity index (χ4v) is 5.37. The number of hydrogen-bond acceptors (Lipinski definition) is 6. The first-order valence-electron chi connectivity index (χ1n) is 13.1. The minimum atomic E-state index is -0.282. The lowest BCUT2D eigenvalue weighted by molar-refractivity contribution is -0.123. The van der Waals surface area contributed by atoms with E-state index in [9.17, 15) is 9.59 Å². The fraction of sp³-hybridized carbons (Fsp3) is 0.121. The molecule has 41 heavy (non-hydrogen) atoms. The van der Waals surface area contributed by atoms with Crippen molar-refractivity contribution in [2.45, 2.75) is 13.0 Å². The van der Waals surface area contributed by atoms with Crippen LogP contribution < -0.4 is 14.8 Å². The first-order valence-corrected chi connectivity index (χ1v) is 13.9. The molecule has 206 valence electrons. The van der Waals surface area contributed by atoms with Crippen LogP contribution in [0, 0.1) is 0 Å². The molecule has 0 unspecified atom stereocenters. The summed E-state index contributed by atoms with van der Waals surface area (Å²) < 4.78 is 11.3. The molecule has 4 aromatic rings. The van der Waals surface area contributed by atoms with Gasteiger partial charge in [0.15, 0.2) is 23.3 Å². The van der Waals surface area contributed by atoms with Crippen LogP contribution in [0.25, 0.3) is 6.08 Å². The van der Waals surface area contributed by atoms with Crippen LogP contribution in [0.4, 0.5) is 11.4 Å². The largest absolute Gasteiger partial charge is 0.493 e. The molecule has 1 aliphatic heterocycles. The van der Waals surface area contributed by atoms with E-state index in [2.05, 4.69) is 5.32 Å². The van der Waals surface area contributed by atoms with Gasteiger partial charge in [0.05, 0.1) is 23.7 Å². The number of rotatable bonds is 9. The van der Waals surface area contributed by atoms with Crippen molar-refractivity contribution in [3.63, 3.8) is 0 Å². The van der Waals surface area contributed by atoms with Gasteiger partial charge in [0.25, 0.3) is 11.8 Å².